The summed E-state index contributed by atoms with van der Waals surface area (Å²) in [4.78, 5) is 40.5. The molecule has 1 amide bonds. The van der Waals surface area contributed by atoms with Gasteiger partial charge in [-0.05, 0) is 117 Å². The van der Waals surface area contributed by atoms with Crippen molar-refractivity contribution in [2.45, 2.75) is 75.0 Å². The minimum absolute atomic E-state index is 0.119. The first kappa shape index (κ1) is 42.2. The summed E-state index contributed by atoms with van der Waals surface area (Å²) in [7, 11) is -4.57. The van der Waals surface area contributed by atoms with Crippen LogP contribution in [-0.2, 0) is 19.5 Å². The predicted octanol–water partition coefficient (Wildman–Crippen LogP) is 7.23. The second-order valence-corrected chi connectivity index (χ2v) is 19.6. The van der Waals surface area contributed by atoms with Crippen LogP contribution in [0.4, 0.5) is 28.4 Å². The fourth-order valence-corrected chi connectivity index (χ4v) is 11.6. The van der Waals surface area contributed by atoms with Gasteiger partial charge in [0.25, 0.3) is 21.6 Å². The number of sulfonamides is 1. The zero-order valence-corrected chi connectivity index (χ0v) is 36.8. The highest BCUT2D eigenvalue weighted by atomic mass is 32.2. The van der Waals surface area contributed by atoms with E-state index in [1.165, 1.54) is 48.9 Å². The topological polar surface area (TPSA) is 185 Å². The Kier molecular flexibility index (Phi) is 11.4. The normalized spacial score (nSPS) is 21.5. The van der Waals surface area contributed by atoms with Crippen LogP contribution in [0.15, 0.2) is 83.9 Å². The van der Waals surface area contributed by atoms with Gasteiger partial charge in [0.15, 0.2) is 0 Å². The molecule has 6 heterocycles. The van der Waals surface area contributed by atoms with E-state index in [2.05, 4.69) is 56.0 Å². The maximum absolute atomic E-state index is 14.4. The Morgan fingerprint density at radius 1 is 0.969 bits per heavy atom. The average Bonchev–Trinajstić information content (AvgIpc) is 3.92. The number of aromatic amines is 1. The third-order valence-electron chi connectivity index (χ3n) is 14.0. The Hall–Kier alpha value is -5.75. The van der Waals surface area contributed by atoms with Crippen LogP contribution in [-0.4, -0.2) is 105 Å². The zero-order chi connectivity index (χ0) is 44.0. The minimum Gasteiger partial charge on any atom is -0.476 e. The standard InChI is InChI=1S/C47H54N8O8S/c1-31-6-2-3-7-37(31)40-8-4-17-53(40)34-27-47(28-34)14-19-52(20-15-47)33-9-11-38(41(25-33)54-18-5-21-63-46-43(54)24-32-13-16-48-44(32)50-46)45(56)51-64(59,60)36-10-12-39(42(26-36)55(57)58)49-29-35-30-61-22-23-62-35/h2-3,6-7,9-13,16,24-26,34-35,40,49H,4-5,8,14-15,17-23,27-30H2,1H3,(H,48,50)(H,51,56)/t35-,40-/m0/s1. The molecule has 3 saturated heterocycles. The smallest absolute Gasteiger partial charge is 0.293 e. The number of benzene rings is 3. The van der Waals surface area contributed by atoms with E-state index < -0.39 is 31.4 Å². The maximum atomic E-state index is 14.4. The molecule has 0 radical (unpaired) electrons. The Balaban J connectivity index is 0.901. The minimum atomic E-state index is -4.57. The molecule has 3 aromatic carbocycles. The van der Waals surface area contributed by atoms with Gasteiger partial charge in [-0.15, -0.1) is 0 Å². The molecule has 17 heteroatoms. The van der Waals surface area contributed by atoms with Crippen molar-refractivity contribution in [2.75, 3.05) is 74.3 Å². The van der Waals surface area contributed by atoms with Gasteiger partial charge >= 0.3 is 0 Å². The molecule has 10 rings (SSSR count). The van der Waals surface area contributed by atoms with Crippen molar-refractivity contribution in [3.8, 4) is 5.88 Å². The number of hydrogen-bond acceptors (Lipinski definition) is 13. The summed E-state index contributed by atoms with van der Waals surface area (Å²) in [6, 6.07) is 22.9. The number of aromatic nitrogens is 2. The van der Waals surface area contributed by atoms with E-state index in [1.807, 2.05) is 29.2 Å². The molecule has 2 aromatic heterocycles. The highest BCUT2D eigenvalue weighted by Crippen LogP contribution is 2.54. The molecule has 4 fully saturated rings. The van der Waals surface area contributed by atoms with Crippen LogP contribution in [0.25, 0.3) is 11.0 Å². The number of hydrogen-bond donors (Lipinski definition) is 3. The van der Waals surface area contributed by atoms with Gasteiger partial charge in [-0.1, -0.05) is 24.3 Å². The van der Waals surface area contributed by atoms with E-state index in [9.17, 15) is 23.3 Å². The third-order valence-corrected chi connectivity index (χ3v) is 15.3. The van der Waals surface area contributed by atoms with E-state index in [0.717, 1.165) is 49.6 Å². The lowest BCUT2D eigenvalue weighted by Gasteiger charge is -2.56. The Morgan fingerprint density at radius 3 is 2.61 bits per heavy atom. The summed E-state index contributed by atoms with van der Waals surface area (Å²) in [5, 5.41) is 16.0. The number of rotatable bonds is 11. The second-order valence-electron chi connectivity index (χ2n) is 17.9. The average molecular weight is 891 g/mol. The van der Waals surface area contributed by atoms with Gasteiger partial charge in [0.1, 0.15) is 17.0 Å². The summed E-state index contributed by atoms with van der Waals surface area (Å²) in [5.41, 5.74) is 5.72. The summed E-state index contributed by atoms with van der Waals surface area (Å²) >= 11 is 0. The molecule has 4 aliphatic heterocycles. The molecule has 0 unspecified atom stereocenters. The van der Waals surface area contributed by atoms with E-state index in [-0.39, 0.29) is 23.9 Å². The summed E-state index contributed by atoms with van der Waals surface area (Å²) in [6.45, 7) is 7.44. The predicted molar refractivity (Wildman–Crippen MR) is 243 cm³/mol. The Morgan fingerprint density at radius 2 is 1.81 bits per heavy atom. The van der Waals surface area contributed by atoms with Crippen molar-refractivity contribution in [3.05, 3.63) is 106 Å². The number of aryl methyl sites for hydroxylation is 1. The highest BCUT2D eigenvalue weighted by molar-refractivity contribution is 7.90. The van der Waals surface area contributed by atoms with E-state index >= 15 is 0 Å². The van der Waals surface area contributed by atoms with Gasteiger partial charge < -0.3 is 34.3 Å². The number of nitrogens with one attached hydrogen (secondary N) is 3. The number of nitrogens with zero attached hydrogens (tertiary/aromatic N) is 5. The van der Waals surface area contributed by atoms with Gasteiger partial charge in [-0.2, -0.15) is 4.98 Å². The number of amides is 1. The van der Waals surface area contributed by atoms with Crippen LogP contribution in [0.1, 0.15) is 72.5 Å². The van der Waals surface area contributed by atoms with Crippen molar-refractivity contribution in [2.24, 2.45) is 5.41 Å². The van der Waals surface area contributed by atoms with Crippen molar-refractivity contribution in [1.29, 1.82) is 0 Å². The molecule has 2 atom stereocenters. The molecule has 1 aliphatic carbocycles. The quantitative estimate of drug-likeness (QED) is 0.0892. The monoisotopic (exact) mass is 890 g/mol. The molecule has 5 aromatic rings. The van der Waals surface area contributed by atoms with Gasteiger partial charge in [-0.25, -0.2) is 13.1 Å². The van der Waals surface area contributed by atoms with E-state index in [4.69, 9.17) is 19.2 Å². The number of H-pyrrole nitrogens is 1. The zero-order valence-electron chi connectivity index (χ0n) is 36.0. The number of nitro benzene ring substituents is 1. The number of fused-ring (bicyclic) bond motifs is 2. The highest BCUT2D eigenvalue weighted by Gasteiger charge is 2.50. The molecule has 5 aliphatic rings. The largest absolute Gasteiger partial charge is 0.476 e. The first-order valence-electron chi connectivity index (χ1n) is 22.4. The molecule has 0 bridgehead atoms. The second kappa shape index (κ2) is 17.3. The van der Waals surface area contributed by atoms with Crippen LogP contribution in [0.3, 0.4) is 0 Å². The van der Waals surface area contributed by atoms with Crippen molar-refractivity contribution >= 4 is 55.4 Å². The van der Waals surface area contributed by atoms with Crippen molar-refractivity contribution in [1.82, 2.24) is 19.6 Å². The van der Waals surface area contributed by atoms with Gasteiger partial charge in [0.05, 0.1) is 53.6 Å². The maximum Gasteiger partial charge on any atom is 0.293 e. The van der Waals surface area contributed by atoms with Gasteiger partial charge in [0, 0.05) is 61.6 Å². The number of piperidine rings is 1. The van der Waals surface area contributed by atoms with Crippen molar-refractivity contribution < 1.29 is 32.3 Å². The first-order valence-corrected chi connectivity index (χ1v) is 23.9. The Labute approximate surface area is 372 Å². The SMILES string of the molecule is Cc1ccccc1[C@@H]1CCCN1C1CC2(CCN(c3ccc(C(=O)NS(=O)(=O)c4ccc(NC[C@H]5COCCO5)c([N+](=O)[O-])c4)c(N4CCCOc5nc6[nH]ccc6cc54)c3)CC2)C1. The van der Waals surface area contributed by atoms with Crippen LogP contribution in [0.5, 0.6) is 5.88 Å². The first-order chi connectivity index (χ1) is 31.0. The van der Waals surface area contributed by atoms with E-state index in [0.29, 0.717) is 79.8 Å². The molecular weight excluding hydrogens is 837 g/mol. The van der Waals surface area contributed by atoms with Crippen LogP contribution >= 0.6 is 0 Å². The number of anilines is 4. The van der Waals surface area contributed by atoms with Gasteiger partial charge in [0.2, 0.25) is 5.88 Å². The fraction of sp³-hybridized carbons (Fsp3) is 0.447. The van der Waals surface area contributed by atoms with Crippen LogP contribution < -0.4 is 24.6 Å². The molecule has 1 spiro atoms. The molecule has 16 nitrogen and oxygen atoms in total. The summed E-state index contributed by atoms with van der Waals surface area (Å²) < 4.78 is 47.2. The molecule has 336 valence electrons. The third kappa shape index (κ3) is 8.25. The number of ether oxygens (including phenoxy) is 3. The lowest BCUT2D eigenvalue weighted by atomic mass is 9.59. The molecular formula is C47H54N8O8S. The number of carbonyl (C=O) groups excluding carboxylic acids is 1. The molecule has 64 heavy (non-hydrogen) atoms. The van der Waals surface area contributed by atoms with Gasteiger partial charge in [-0.3, -0.25) is 19.8 Å². The Bertz CT molecular complexity index is 2670. The summed E-state index contributed by atoms with van der Waals surface area (Å²) in [6.07, 6.45) is 9.12. The molecule has 3 N–H and O–H groups in total. The van der Waals surface area contributed by atoms with Crippen molar-refractivity contribution in [3.63, 3.8) is 0 Å². The number of likely N-dealkylation sites (tertiary alicyclic amines) is 1. The lowest BCUT2D eigenvalue weighted by Crippen LogP contribution is -2.54. The van der Waals surface area contributed by atoms with Crippen LogP contribution in [0.2, 0.25) is 0 Å². The van der Waals surface area contributed by atoms with Crippen LogP contribution in [0, 0.1) is 22.5 Å². The number of nitro groups is 1. The number of pyridine rings is 1. The fourth-order valence-electron chi connectivity index (χ4n) is 10.6. The molecule has 1 saturated carbocycles. The summed E-state index contributed by atoms with van der Waals surface area (Å²) in [5.74, 6) is -0.463. The van der Waals surface area contributed by atoms with E-state index in [1.54, 1.807) is 12.3 Å². The number of carbonyl (C=O) groups is 1. The lowest BCUT2D eigenvalue weighted by molar-refractivity contribution is -0.384.